The summed E-state index contributed by atoms with van der Waals surface area (Å²) in [5.74, 6) is 0.727. The molecule has 7 heteroatoms. The van der Waals surface area contributed by atoms with Crippen LogP contribution in [-0.2, 0) is 6.42 Å². The molecule has 0 saturated carbocycles. The Balaban J connectivity index is 0.00000312. The van der Waals surface area contributed by atoms with Gasteiger partial charge >= 0.3 is 0 Å². The smallest absolute Gasteiger partial charge is 0.193 e. The lowest BCUT2D eigenvalue weighted by Crippen LogP contribution is -2.23. The van der Waals surface area contributed by atoms with E-state index in [1.165, 1.54) is 6.07 Å². The van der Waals surface area contributed by atoms with Gasteiger partial charge in [0.15, 0.2) is 5.96 Å². The number of ether oxygens (including phenoxy) is 1. The molecule has 0 unspecified atom stereocenters. The summed E-state index contributed by atoms with van der Waals surface area (Å²) in [7, 11) is 0. The Bertz CT molecular complexity index is 688. The maximum absolute atomic E-state index is 13.7. The van der Waals surface area contributed by atoms with Crippen LogP contribution < -0.4 is 15.8 Å². The molecular weight excluding hydrogens is 456 g/mol. The Hall–Kier alpha value is -1.54. The zero-order chi connectivity index (χ0) is 17.5. The topological polar surface area (TPSA) is 59.6 Å². The van der Waals surface area contributed by atoms with Crippen LogP contribution in [0.4, 0.5) is 10.1 Å². The molecule has 0 bridgehead atoms. The molecule has 0 aliphatic carbocycles. The van der Waals surface area contributed by atoms with Gasteiger partial charge in [-0.2, -0.15) is 0 Å². The van der Waals surface area contributed by atoms with Gasteiger partial charge in [-0.25, -0.2) is 4.39 Å². The fraction of sp³-hybridized carbons (Fsp3) is 0.278. The molecule has 25 heavy (non-hydrogen) atoms. The summed E-state index contributed by atoms with van der Waals surface area (Å²) in [5.41, 5.74) is 7.10. The SMILES string of the molecule is CC(C)Oc1ccc(NC(N)=NCCc2c(F)cccc2Cl)cc1.I. The van der Waals surface area contributed by atoms with Crippen LogP contribution in [0.5, 0.6) is 5.75 Å². The Morgan fingerprint density at radius 2 is 1.92 bits per heavy atom. The third-order valence-corrected chi connectivity index (χ3v) is 3.56. The zero-order valence-electron chi connectivity index (χ0n) is 14.1. The number of aliphatic imine (C=N–C) groups is 1. The molecule has 0 aliphatic rings. The normalized spacial score (nSPS) is 11.2. The molecule has 0 atom stereocenters. The van der Waals surface area contributed by atoms with Gasteiger partial charge in [0, 0.05) is 22.8 Å². The highest BCUT2D eigenvalue weighted by Gasteiger charge is 2.06. The van der Waals surface area contributed by atoms with Crippen molar-refractivity contribution in [1.29, 1.82) is 0 Å². The van der Waals surface area contributed by atoms with E-state index in [0.29, 0.717) is 23.6 Å². The molecule has 2 aromatic carbocycles. The second-order valence-electron chi connectivity index (χ2n) is 5.53. The summed E-state index contributed by atoms with van der Waals surface area (Å²) in [6.45, 7) is 4.28. The predicted molar refractivity (Wildman–Crippen MR) is 113 cm³/mol. The fourth-order valence-corrected chi connectivity index (χ4v) is 2.39. The highest BCUT2D eigenvalue weighted by Crippen LogP contribution is 2.19. The molecule has 0 spiro atoms. The van der Waals surface area contributed by atoms with Crippen LogP contribution in [-0.4, -0.2) is 18.6 Å². The Morgan fingerprint density at radius 3 is 2.52 bits per heavy atom. The summed E-state index contributed by atoms with van der Waals surface area (Å²) in [5, 5.41) is 3.38. The van der Waals surface area contributed by atoms with E-state index < -0.39 is 0 Å². The predicted octanol–water partition coefficient (Wildman–Crippen LogP) is 4.85. The number of nitrogens with one attached hydrogen (secondary N) is 1. The number of guanidine groups is 1. The van der Waals surface area contributed by atoms with Gasteiger partial charge in [-0.15, -0.1) is 24.0 Å². The van der Waals surface area contributed by atoms with Gasteiger partial charge in [0.25, 0.3) is 0 Å². The first-order valence-corrected chi connectivity index (χ1v) is 8.10. The molecule has 0 saturated heterocycles. The van der Waals surface area contributed by atoms with Crippen molar-refractivity contribution in [2.24, 2.45) is 10.7 Å². The maximum Gasteiger partial charge on any atom is 0.193 e. The Morgan fingerprint density at radius 1 is 1.24 bits per heavy atom. The summed E-state index contributed by atoms with van der Waals surface area (Å²) in [6.07, 6.45) is 0.510. The van der Waals surface area contributed by atoms with Gasteiger partial charge in [-0.3, -0.25) is 4.99 Å². The highest BCUT2D eigenvalue weighted by molar-refractivity contribution is 14.0. The zero-order valence-corrected chi connectivity index (χ0v) is 17.2. The van der Waals surface area contributed by atoms with Crippen LogP contribution in [0.3, 0.4) is 0 Å². The number of hydrogen-bond donors (Lipinski definition) is 2. The molecule has 0 fully saturated rings. The van der Waals surface area contributed by atoms with Gasteiger partial charge in [-0.05, 0) is 56.7 Å². The van der Waals surface area contributed by atoms with Crippen molar-refractivity contribution in [1.82, 2.24) is 0 Å². The Labute approximate surface area is 169 Å². The second kappa shape index (κ2) is 10.5. The van der Waals surface area contributed by atoms with Crippen molar-refractivity contribution in [3.63, 3.8) is 0 Å². The quantitative estimate of drug-likeness (QED) is 0.355. The average Bonchev–Trinajstić information content (AvgIpc) is 2.52. The van der Waals surface area contributed by atoms with Gasteiger partial charge in [0.1, 0.15) is 11.6 Å². The molecule has 0 heterocycles. The lowest BCUT2D eigenvalue weighted by molar-refractivity contribution is 0.242. The number of anilines is 1. The van der Waals surface area contributed by atoms with Gasteiger partial charge in [0.05, 0.1) is 6.10 Å². The lowest BCUT2D eigenvalue weighted by Gasteiger charge is -2.11. The van der Waals surface area contributed by atoms with Crippen LogP contribution in [0.15, 0.2) is 47.5 Å². The standard InChI is InChI=1S/C18H21ClFN3O.HI/c1-12(2)24-14-8-6-13(7-9-14)23-18(21)22-11-10-15-16(19)4-3-5-17(15)20;/h3-9,12H,10-11H2,1-2H3,(H3,21,22,23);1H. The molecule has 3 N–H and O–H groups in total. The summed E-state index contributed by atoms with van der Waals surface area (Å²) in [4.78, 5) is 4.19. The average molecular weight is 478 g/mol. The van der Waals surface area contributed by atoms with Gasteiger partial charge < -0.3 is 15.8 Å². The van der Waals surface area contributed by atoms with Crippen molar-refractivity contribution in [2.45, 2.75) is 26.4 Å². The van der Waals surface area contributed by atoms with E-state index in [-0.39, 0.29) is 41.9 Å². The van der Waals surface area contributed by atoms with E-state index in [9.17, 15) is 4.39 Å². The number of nitrogens with zero attached hydrogens (tertiary/aromatic N) is 1. The molecule has 0 aromatic heterocycles. The van der Waals surface area contributed by atoms with Crippen LogP contribution in [0.1, 0.15) is 19.4 Å². The number of halogens is 3. The number of nitrogens with two attached hydrogens (primary N) is 1. The third kappa shape index (κ3) is 7.07. The first kappa shape index (κ1) is 21.5. The largest absolute Gasteiger partial charge is 0.491 e. The van der Waals surface area contributed by atoms with Crippen molar-refractivity contribution in [2.75, 3.05) is 11.9 Å². The molecule has 0 radical (unpaired) electrons. The van der Waals surface area contributed by atoms with Crippen LogP contribution in [0.25, 0.3) is 0 Å². The van der Waals surface area contributed by atoms with E-state index in [2.05, 4.69) is 10.3 Å². The van der Waals surface area contributed by atoms with Crippen LogP contribution in [0, 0.1) is 5.82 Å². The van der Waals surface area contributed by atoms with Crippen molar-refractivity contribution in [3.8, 4) is 5.75 Å². The maximum atomic E-state index is 13.7. The van der Waals surface area contributed by atoms with E-state index in [4.69, 9.17) is 22.1 Å². The molecule has 136 valence electrons. The highest BCUT2D eigenvalue weighted by atomic mass is 127. The van der Waals surface area contributed by atoms with Gasteiger partial charge in [0.2, 0.25) is 0 Å². The van der Waals surface area contributed by atoms with Crippen molar-refractivity contribution in [3.05, 3.63) is 58.9 Å². The number of hydrogen-bond acceptors (Lipinski definition) is 2. The summed E-state index contributed by atoms with van der Waals surface area (Å²) in [6, 6.07) is 12.0. The van der Waals surface area contributed by atoms with Gasteiger partial charge in [-0.1, -0.05) is 17.7 Å². The summed E-state index contributed by atoms with van der Waals surface area (Å²) < 4.78 is 19.2. The molecule has 2 aromatic rings. The molecule has 2 rings (SSSR count). The monoisotopic (exact) mass is 477 g/mol. The van der Waals surface area contributed by atoms with Crippen LogP contribution in [0.2, 0.25) is 5.02 Å². The molecular formula is C18H22ClFIN3O. The first-order chi connectivity index (χ1) is 11.5. The van der Waals surface area contributed by atoms with E-state index in [0.717, 1.165) is 11.4 Å². The Kier molecular flexibility index (Phi) is 8.99. The van der Waals surface area contributed by atoms with Crippen molar-refractivity contribution < 1.29 is 9.13 Å². The van der Waals surface area contributed by atoms with Crippen molar-refractivity contribution >= 4 is 47.2 Å². The van der Waals surface area contributed by atoms with E-state index in [1.54, 1.807) is 12.1 Å². The first-order valence-electron chi connectivity index (χ1n) is 7.72. The molecule has 0 amide bonds. The number of benzene rings is 2. The second-order valence-corrected chi connectivity index (χ2v) is 5.94. The van der Waals surface area contributed by atoms with Crippen LogP contribution >= 0.6 is 35.6 Å². The minimum atomic E-state index is -0.329. The lowest BCUT2D eigenvalue weighted by atomic mass is 10.1. The van der Waals surface area contributed by atoms with E-state index >= 15 is 0 Å². The minimum Gasteiger partial charge on any atom is -0.491 e. The number of rotatable bonds is 6. The summed E-state index contributed by atoms with van der Waals surface area (Å²) >= 11 is 5.98. The minimum absolute atomic E-state index is 0. The molecule has 4 nitrogen and oxygen atoms in total. The third-order valence-electron chi connectivity index (χ3n) is 3.20. The fourth-order valence-electron chi connectivity index (χ4n) is 2.14. The van der Waals surface area contributed by atoms with E-state index in [1.807, 2.05) is 38.1 Å². The molecule has 0 aliphatic heterocycles.